The second-order valence-corrected chi connectivity index (χ2v) is 1.89. The van der Waals surface area contributed by atoms with Gasteiger partial charge < -0.3 is 10.5 Å². The van der Waals surface area contributed by atoms with E-state index >= 15 is 0 Å². The molecule has 0 atom stereocenters. The molecule has 0 amide bonds. The van der Waals surface area contributed by atoms with Crippen molar-refractivity contribution in [2.24, 2.45) is 5.34 Å². The van der Waals surface area contributed by atoms with Crippen molar-refractivity contribution in [3.63, 3.8) is 0 Å². The van der Waals surface area contributed by atoms with Crippen molar-refractivity contribution < 1.29 is 5.21 Å². The largest absolute Gasteiger partial charge is 0.379 e. The zero-order valence-electron chi connectivity index (χ0n) is 5.34. The summed E-state index contributed by atoms with van der Waals surface area (Å²) in [6.45, 7) is 2.50. The summed E-state index contributed by atoms with van der Waals surface area (Å²) in [4.78, 5) is 8.11. The molecule has 0 unspecified atom stereocenters. The van der Waals surface area contributed by atoms with Gasteiger partial charge in [0.2, 0.25) is 0 Å². The quantitative estimate of drug-likeness (QED) is 0.380. The Balaban J connectivity index is 0.000000187. The van der Waals surface area contributed by atoms with Crippen molar-refractivity contribution in [1.29, 1.82) is 0 Å². The van der Waals surface area contributed by atoms with E-state index in [0.29, 0.717) is 0 Å². The molecule has 4 heteroatoms. The van der Waals surface area contributed by atoms with E-state index in [9.17, 15) is 0 Å². The lowest BCUT2D eigenvalue weighted by molar-refractivity contribution is 0.312. The van der Waals surface area contributed by atoms with Crippen LogP contribution in [0.1, 0.15) is 19.3 Å². The van der Waals surface area contributed by atoms with Crippen LogP contribution in [-0.4, -0.2) is 18.3 Å². The first kappa shape index (κ1) is 8.36. The molecule has 1 rings (SSSR count). The highest BCUT2D eigenvalue weighted by molar-refractivity contribution is 4.55. The molecular formula is C5H12N2O2. The molecule has 0 aromatic rings. The van der Waals surface area contributed by atoms with Gasteiger partial charge >= 0.3 is 0 Å². The molecule has 2 N–H and O–H groups in total. The Morgan fingerprint density at radius 1 is 1.22 bits per heavy atom. The Bertz CT molecular complexity index is 52.5. The van der Waals surface area contributed by atoms with E-state index in [1.54, 1.807) is 0 Å². The molecular weight excluding hydrogens is 120 g/mol. The molecule has 1 fully saturated rings. The number of nitrogens with one attached hydrogen (secondary N) is 1. The van der Waals surface area contributed by atoms with Gasteiger partial charge in [0.15, 0.2) is 5.34 Å². The number of hydrogen-bond acceptors (Lipinski definition) is 3. The lowest BCUT2D eigenvalue weighted by Gasteiger charge is -2.08. The second-order valence-electron chi connectivity index (χ2n) is 1.89. The average molecular weight is 132 g/mol. The van der Waals surface area contributed by atoms with Crippen LogP contribution in [0.25, 0.3) is 0 Å². The van der Waals surface area contributed by atoms with Crippen molar-refractivity contribution in [3.05, 3.63) is 4.91 Å². The first-order valence-corrected chi connectivity index (χ1v) is 3.09. The standard InChI is InChI=1S/C5H11N.HNO2/c1-2-4-6-5-3-1;2-1-3/h6H,1-5H2;(H,2,3). The number of nitrogens with zero attached hydrogens (tertiary/aromatic N) is 1. The molecule has 1 aliphatic heterocycles. The van der Waals surface area contributed by atoms with Crippen LogP contribution >= 0.6 is 0 Å². The minimum Gasteiger partial charge on any atom is -0.379 e. The van der Waals surface area contributed by atoms with E-state index in [-0.39, 0.29) is 0 Å². The molecule has 0 aromatic heterocycles. The molecule has 0 radical (unpaired) electrons. The fourth-order valence-electron chi connectivity index (χ4n) is 0.802. The lowest BCUT2D eigenvalue weighted by Crippen LogP contribution is -2.21. The van der Waals surface area contributed by atoms with Crippen LogP contribution in [0, 0.1) is 4.91 Å². The van der Waals surface area contributed by atoms with Gasteiger partial charge in [0.05, 0.1) is 0 Å². The Kier molecular flexibility index (Phi) is 6.84. The molecule has 54 valence electrons. The van der Waals surface area contributed by atoms with Gasteiger partial charge in [0, 0.05) is 0 Å². The molecule has 0 spiro atoms. The summed E-state index contributed by atoms with van der Waals surface area (Å²) in [6.07, 6.45) is 4.22. The highest BCUT2D eigenvalue weighted by Gasteiger charge is 1.93. The molecule has 1 heterocycles. The highest BCUT2D eigenvalue weighted by atomic mass is 16.6. The fourth-order valence-corrected chi connectivity index (χ4v) is 0.802. The van der Waals surface area contributed by atoms with E-state index in [1.165, 1.54) is 37.7 Å². The summed E-state index contributed by atoms with van der Waals surface area (Å²) < 4.78 is 0. The van der Waals surface area contributed by atoms with Crippen LogP contribution in [0.2, 0.25) is 0 Å². The van der Waals surface area contributed by atoms with Crippen molar-refractivity contribution >= 4 is 0 Å². The number of piperidine rings is 1. The van der Waals surface area contributed by atoms with Crippen molar-refractivity contribution in [2.75, 3.05) is 13.1 Å². The summed E-state index contributed by atoms with van der Waals surface area (Å²) in [5.74, 6) is 0. The molecule has 0 bridgehead atoms. The third-order valence-corrected chi connectivity index (χ3v) is 1.21. The van der Waals surface area contributed by atoms with Gasteiger partial charge in [-0.05, 0) is 25.9 Å². The van der Waals surface area contributed by atoms with Gasteiger partial charge in [-0.3, -0.25) is 0 Å². The Hall–Kier alpha value is -0.640. The van der Waals surface area contributed by atoms with Gasteiger partial charge in [0.1, 0.15) is 0 Å². The van der Waals surface area contributed by atoms with Gasteiger partial charge in [-0.2, -0.15) is 0 Å². The molecule has 9 heavy (non-hydrogen) atoms. The molecule has 0 saturated carbocycles. The minimum absolute atomic E-state index is 1.25. The van der Waals surface area contributed by atoms with Crippen LogP contribution < -0.4 is 5.32 Å². The molecule has 0 aromatic carbocycles. The fraction of sp³-hybridized carbons (Fsp3) is 1.00. The average Bonchev–Trinajstić information content (AvgIpc) is 1.93. The van der Waals surface area contributed by atoms with E-state index in [2.05, 4.69) is 5.32 Å². The van der Waals surface area contributed by atoms with E-state index < -0.39 is 0 Å². The van der Waals surface area contributed by atoms with Crippen LogP contribution in [0.3, 0.4) is 0 Å². The van der Waals surface area contributed by atoms with Crippen LogP contribution in [0.4, 0.5) is 0 Å². The summed E-state index contributed by atoms with van der Waals surface area (Å²) in [7, 11) is 0. The van der Waals surface area contributed by atoms with E-state index in [1.807, 2.05) is 0 Å². The smallest absolute Gasteiger partial charge is 0.152 e. The third-order valence-electron chi connectivity index (χ3n) is 1.21. The van der Waals surface area contributed by atoms with Gasteiger partial charge in [-0.25, -0.2) is 0 Å². The predicted molar refractivity (Wildman–Crippen MR) is 34.3 cm³/mol. The van der Waals surface area contributed by atoms with Gasteiger partial charge in [-0.1, -0.05) is 6.42 Å². The molecule has 1 aliphatic rings. The molecule has 4 nitrogen and oxygen atoms in total. The van der Waals surface area contributed by atoms with Crippen molar-refractivity contribution in [1.82, 2.24) is 5.32 Å². The summed E-state index contributed by atoms with van der Waals surface area (Å²) in [5.41, 5.74) is 0. The first-order valence-electron chi connectivity index (χ1n) is 3.09. The van der Waals surface area contributed by atoms with E-state index in [4.69, 9.17) is 10.1 Å². The van der Waals surface area contributed by atoms with Crippen LogP contribution in [-0.2, 0) is 0 Å². The zero-order valence-corrected chi connectivity index (χ0v) is 5.34. The predicted octanol–water partition coefficient (Wildman–Crippen LogP) is 0.902. The maximum atomic E-state index is 8.11. The normalized spacial score (nSPS) is 17.3. The van der Waals surface area contributed by atoms with Crippen molar-refractivity contribution in [2.45, 2.75) is 19.3 Å². The monoisotopic (exact) mass is 132 g/mol. The number of rotatable bonds is 0. The lowest BCUT2D eigenvalue weighted by atomic mass is 10.2. The minimum atomic E-state index is 1.25. The third kappa shape index (κ3) is 7.36. The highest BCUT2D eigenvalue weighted by Crippen LogP contribution is 1.96. The Morgan fingerprint density at radius 3 is 1.78 bits per heavy atom. The van der Waals surface area contributed by atoms with Crippen molar-refractivity contribution in [3.8, 4) is 0 Å². The first-order chi connectivity index (χ1) is 4.41. The summed E-state index contributed by atoms with van der Waals surface area (Å²) >= 11 is 0. The number of hydrogen-bond donors (Lipinski definition) is 2. The van der Waals surface area contributed by atoms with Crippen LogP contribution in [0.15, 0.2) is 5.34 Å². The zero-order chi connectivity index (χ0) is 6.95. The summed E-state index contributed by atoms with van der Waals surface area (Å²) in [6, 6.07) is 0. The Labute approximate surface area is 54.2 Å². The maximum absolute atomic E-state index is 8.11. The Morgan fingerprint density at radius 2 is 1.67 bits per heavy atom. The molecule has 1 saturated heterocycles. The SMILES string of the molecule is C1CCNCC1.O=NO. The topological polar surface area (TPSA) is 61.7 Å². The second kappa shape index (κ2) is 7.36. The van der Waals surface area contributed by atoms with Gasteiger partial charge in [0.25, 0.3) is 0 Å². The van der Waals surface area contributed by atoms with E-state index in [0.717, 1.165) is 0 Å². The summed E-state index contributed by atoms with van der Waals surface area (Å²) in [5, 5.41) is 11.2. The maximum Gasteiger partial charge on any atom is 0.152 e. The van der Waals surface area contributed by atoms with Crippen LogP contribution in [0.5, 0.6) is 0 Å². The van der Waals surface area contributed by atoms with Gasteiger partial charge in [-0.15, -0.1) is 4.91 Å². The molecule has 0 aliphatic carbocycles.